The second kappa shape index (κ2) is 7.04. The number of carbonyl (C=O) groups is 2. The Labute approximate surface area is 131 Å². The zero-order valence-electron chi connectivity index (χ0n) is 11.7. The van der Waals surface area contributed by atoms with Crippen molar-refractivity contribution in [1.82, 2.24) is 0 Å². The molecule has 0 fully saturated rings. The van der Waals surface area contributed by atoms with Gasteiger partial charge in [0, 0.05) is 11.3 Å². The van der Waals surface area contributed by atoms with E-state index >= 15 is 0 Å². The van der Waals surface area contributed by atoms with E-state index in [4.69, 9.17) is 16.3 Å². The summed E-state index contributed by atoms with van der Waals surface area (Å²) >= 11 is 5.86. The molecular weight excluding hydrogens is 309 g/mol. The third kappa shape index (κ3) is 3.83. The van der Waals surface area contributed by atoms with Crippen molar-refractivity contribution in [1.29, 1.82) is 0 Å². The van der Waals surface area contributed by atoms with Gasteiger partial charge in [0.25, 0.3) is 5.91 Å². The largest absolute Gasteiger partial charge is 0.452 e. The number of hydrogen-bond donors (Lipinski definition) is 1. The molecule has 4 nitrogen and oxygen atoms in total. The van der Waals surface area contributed by atoms with Crippen LogP contribution in [0.2, 0.25) is 5.02 Å². The number of ether oxygens (including phenoxy) is 1. The molecule has 22 heavy (non-hydrogen) atoms. The number of hydrogen-bond acceptors (Lipinski definition) is 3. The summed E-state index contributed by atoms with van der Waals surface area (Å²) in [5.41, 5.74) is 0.825. The Kier molecular flexibility index (Phi) is 5.12. The van der Waals surface area contributed by atoms with Crippen LogP contribution in [0.15, 0.2) is 42.5 Å². The van der Waals surface area contributed by atoms with Crippen molar-refractivity contribution in [3.05, 3.63) is 64.4 Å². The molecule has 2 aromatic carbocycles. The number of carbonyl (C=O) groups excluding carboxylic acids is 2. The number of nitrogens with one attached hydrogen (secondary N) is 1. The van der Waals surface area contributed by atoms with Gasteiger partial charge in [-0.3, -0.25) is 4.79 Å². The van der Waals surface area contributed by atoms with Gasteiger partial charge in [-0.05, 0) is 31.2 Å². The number of anilines is 1. The van der Waals surface area contributed by atoms with Gasteiger partial charge in [0.05, 0.1) is 10.6 Å². The van der Waals surface area contributed by atoms with E-state index < -0.39 is 24.3 Å². The maximum absolute atomic E-state index is 13.4. The van der Waals surface area contributed by atoms with Crippen LogP contribution in [-0.4, -0.2) is 18.5 Å². The van der Waals surface area contributed by atoms with E-state index in [1.165, 1.54) is 18.2 Å². The standard InChI is InChI=1S/C16H13ClFNO3/c1-10-13(18)7-4-8-14(10)19-15(20)9-22-16(21)11-5-2-3-6-12(11)17/h2-8H,9H2,1H3,(H,19,20). The van der Waals surface area contributed by atoms with Crippen molar-refractivity contribution in [2.45, 2.75) is 6.92 Å². The van der Waals surface area contributed by atoms with Crippen molar-refractivity contribution in [2.75, 3.05) is 11.9 Å². The second-order valence-electron chi connectivity index (χ2n) is 4.52. The predicted octanol–water partition coefficient (Wildman–Crippen LogP) is 3.58. The average Bonchev–Trinajstić information content (AvgIpc) is 2.50. The first-order valence-corrected chi connectivity index (χ1v) is 6.83. The second-order valence-corrected chi connectivity index (χ2v) is 4.92. The molecule has 114 valence electrons. The van der Waals surface area contributed by atoms with Crippen LogP contribution in [0.3, 0.4) is 0 Å². The van der Waals surface area contributed by atoms with Crippen molar-refractivity contribution < 1.29 is 18.7 Å². The van der Waals surface area contributed by atoms with E-state index in [2.05, 4.69) is 5.32 Å². The molecule has 0 bridgehead atoms. The number of halogens is 2. The van der Waals surface area contributed by atoms with Crippen molar-refractivity contribution >= 4 is 29.2 Å². The maximum atomic E-state index is 13.4. The molecule has 0 aliphatic rings. The highest BCUT2D eigenvalue weighted by Crippen LogP contribution is 2.18. The lowest BCUT2D eigenvalue weighted by atomic mass is 10.2. The molecule has 0 unspecified atom stereocenters. The van der Waals surface area contributed by atoms with Gasteiger partial charge in [0.2, 0.25) is 0 Å². The normalized spacial score (nSPS) is 10.1. The van der Waals surface area contributed by atoms with E-state index in [0.717, 1.165) is 0 Å². The van der Waals surface area contributed by atoms with Crippen LogP contribution >= 0.6 is 11.6 Å². The lowest BCUT2D eigenvalue weighted by molar-refractivity contribution is -0.119. The summed E-state index contributed by atoms with van der Waals surface area (Å²) in [6.45, 7) is 1.06. The van der Waals surface area contributed by atoms with Crippen molar-refractivity contribution in [3.8, 4) is 0 Å². The highest BCUT2D eigenvalue weighted by atomic mass is 35.5. The van der Waals surface area contributed by atoms with Gasteiger partial charge in [-0.2, -0.15) is 0 Å². The highest BCUT2D eigenvalue weighted by Gasteiger charge is 2.14. The molecule has 1 N–H and O–H groups in total. The number of amides is 1. The predicted molar refractivity (Wildman–Crippen MR) is 81.5 cm³/mol. The minimum atomic E-state index is -0.697. The molecule has 0 spiro atoms. The van der Waals surface area contributed by atoms with Gasteiger partial charge in [0.15, 0.2) is 6.61 Å². The number of rotatable bonds is 4. The summed E-state index contributed by atoms with van der Waals surface area (Å²) in [5.74, 6) is -1.68. The molecule has 0 aromatic heterocycles. The van der Waals surface area contributed by atoms with E-state index in [9.17, 15) is 14.0 Å². The summed E-state index contributed by atoms with van der Waals surface area (Å²) in [4.78, 5) is 23.5. The molecule has 1 amide bonds. The van der Waals surface area contributed by atoms with E-state index in [0.29, 0.717) is 11.3 Å². The van der Waals surface area contributed by atoms with Gasteiger partial charge in [-0.25, -0.2) is 9.18 Å². The lowest BCUT2D eigenvalue weighted by Crippen LogP contribution is -2.21. The molecule has 0 aliphatic carbocycles. The van der Waals surface area contributed by atoms with Crippen LogP contribution in [0.5, 0.6) is 0 Å². The molecule has 0 heterocycles. The van der Waals surface area contributed by atoms with Crippen LogP contribution in [-0.2, 0) is 9.53 Å². The van der Waals surface area contributed by atoms with E-state index in [-0.39, 0.29) is 10.6 Å². The lowest BCUT2D eigenvalue weighted by Gasteiger charge is -2.09. The molecular formula is C16H13ClFNO3. The summed E-state index contributed by atoms with van der Waals surface area (Å²) in [6, 6.07) is 10.7. The van der Waals surface area contributed by atoms with Crippen LogP contribution in [0, 0.1) is 12.7 Å². The third-order valence-electron chi connectivity index (χ3n) is 2.97. The summed E-state index contributed by atoms with van der Waals surface area (Å²) < 4.78 is 18.2. The first kappa shape index (κ1) is 16.0. The fourth-order valence-corrected chi connectivity index (χ4v) is 1.98. The Bertz CT molecular complexity index is 718. The molecule has 0 radical (unpaired) electrons. The van der Waals surface area contributed by atoms with Gasteiger partial charge in [-0.1, -0.05) is 29.8 Å². The van der Waals surface area contributed by atoms with Gasteiger partial charge in [-0.15, -0.1) is 0 Å². The fraction of sp³-hybridized carbons (Fsp3) is 0.125. The van der Waals surface area contributed by atoms with Gasteiger partial charge >= 0.3 is 5.97 Å². The Morgan fingerprint density at radius 1 is 1.18 bits per heavy atom. The molecule has 0 saturated carbocycles. The van der Waals surface area contributed by atoms with Crippen molar-refractivity contribution in [3.63, 3.8) is 0 Å². The summed E-state index contributed by atoms with van der Waals surface area (Å²) in [5, 5.41) is 2.73. The monoisotopic (exact) mass is 321 g/mol. The SMILES string of the molecule is Cc1c(F)cccc1NC(=O)COC(=O)c1ccccc1Cl. The Morgan fingerprint density at radius 3 is 2.64 bits per heavy atom. The molecule has 0 aliphatic heterocycles. The molecule has 0 atom stereocenters. The first-order chi connectivity index (χ1) is 10.5. The molecule has 6 heteroatoms. The Hall–Kier alpha value is -2.40. The molecule has 0 saturated heterocycles. The van der Waals surface area contributed by atoms with Crippen LogP contribution in [0.4, 0.5) is 10.1 Å². The zero-order valence-corrected chi connectivity index (χ0v) is 12.5. The minimum Gasteiger partial charge on any atom is -0.452 e. The smallest absolute Gasteiger partial charge is 0.340 e. The molecule has 2 aromatic rings. The number of esters is 1. The van der Waals surface area contributed by atoms with E-state index in [1.807, 2.05) is 0 Å². The number of benzene rings is 2. The quantitative estimate of drug-likeness (QED) is 0.876. The average molecular weight is 322 g/mol. The van der Waals surface area contributed by atoms with Crippen molar-refractivity contribution in [2.24, 2.45) is 0 Å². The van der Waals surface area contributed by atoms with Crippen LogP contribution in [0.25, 0.3) is 0 Å². The summed E-state index contributed by atoms with van der Waals surface area (Å²) in [6.07, 6.45) is 0. The highest BCUT2D eigenvalue weighted by molar-refractivity contribution is 6.33. The molecule has 2 rings (SSSR count). The topological polar surface area (TPSA) is 55.4 Å². The minimum absolute atomic E-state index is 0.180. The summed E-state index contributed by atoms with van der Waals surface area (Å²) in [7, 11) is 0. The Balaban J connectivity index is 1.95. The fourth-order valence-electron chi connectivity index (χ4n) is 1.76. The van der Waals surface area contributed by atoms with Gasteiger partial charge in [0.1, 0.15) is 5.82 Å². The zero-order chi connectivity index (χ0) is 16.1. The first-order valence-electron chi connectivity index (χ1n) is 6.45. The Morgan fingerprint density at radius 2 is 1.91 bits per heavy atom. The van der Waals surface area contributed by atoms with Crippen LogP contribution in [0.1, 0.15) is 15.9 Å². The third-order valence-corrected chi connectivity index (χ3v) is 3.30. The van der Waals surface area contributed by atoms with Crippen LogP contribution < -0.4 is 5.32 Å². The maximum Gasteiger partial charge on any atom is 0.340 e. The van der Waals surface area contributed by atoms with E-state index in [1.54, 1.807) is 31.2 Å². The van der Waals surface area contributed by atoms with Gasteiger partial charge < -0.3 is 10.1 Å².